The van der Waals surface area contributed by atoms with Crippen molar-refractivity contribution in [3.05, 3.63) is 63.6 Å². The third-order valence-electron chi connectivity index (χ3n) is 3.98. The average Bonchev–Trinajstić information content (AvgIpc) is 2.54. The van der Waals surface area contributed by atoms with Gasteiger partial charge in [0.15, 0.2) is 0 Å². The number of para-hydroxylation sites is 1. The van der Waals surface area contributed by atoms with Gasteiger partial charge in [-0.2, -0.15) is 0 Å². The predicted molar refractivity (Wildman–Crippen MR) is 95.2 cm³/mol. The van der Waals surface area contributed by atoms with E-state index in [4.69, 9.17) is 0 Å². The lowest BCUT2D eigenvalue weighted by molar-refractivity contribution is 0.102. The summed E-state index contributed by atoms with van der Waals surface area (Å²) in [4.78, 5) is 25.2. The summed E-state index contributed by atoms with van der Waals surface area (Å²) in [5.74, 6) is 0.0317. The number of amides is 1. The Morgan fingerprint density at radius 2 is 1.96 bits per heavy atom. The number of hydrogen-bond donors (Lipinski definition) is 2. The van der Waals surface area contributed by atoms with Gasteiger partial charge in [0, 0.05) is 24.0 Å². The summed E-state index contributed by atoms with van der Waals surface area (Å²) >= 11 is 0. The molecule has 0 spiro atoms. The van der Waals surface area contributed by atoms with Gasteiger partial charge in [-0.15, -0.1) is 0 Å². The second-order valence-electron chi connectivity index (χ2n) is 6.32. The fraction of sp³-hybridized carbons (Fsp3) is 0.368. The maximum atomic E-state index is 12.6. The van der Waals surface area contributed by atoms with Crippen molar-refractivity contribution in [3.63, 3.8) is 0 Å². The Kier molecular flexibility index (Phi) is 5.93. The summed E-state index contributed by atoms with van der Waals surface area (Å²) in [5.41, 5.74) is 1.63. The molecule has 24 heavy (non-hydrogen) atoms. The predicted octanol–water partition coefficient (Wildman–Crippen LogP) is 2.95. The van der Waals surface area contributed by atoms with Gasteiger partial charge in [0.1, 0.15) is 5.56 Å². The van der Waals surface area contributed by atoms with Crippen LogP contribution < -0.4 is 10.9 Å². The molecule has 0 fully saturated rings. The molecule has 0 saturated heterocycles. The number of carbonyl (C=O) groups excluding carboxylic acids is 1. The van der Waals surface area contributed by atoms with Crippen molar-refractivity contribution >= 4 is 11.6 Å². The van der Waals surface area contributed by atoms with Gasteiger partial charge in [0.2, 0.25) is 0 Å². The fourth-order valence-corrected chi connectivity index (χ4v) is 2.48. The van der Waals surface area contributed by atoms with Crippen LogP contribution in [0.15, 0.2) is 41.3 Å². The molecule has 2 aromatic rings. The van der Waals surface area contributed by atoms with E-state index in [9.17, 15) is 14.7 Å². The van der Waals surface area contributed by atoms with Crippen molar-refractivity contribution in [1.29, 1.82) is 0 Å². The van der Waals surface area contributed by atoms with Crippen LogP contribution >= 0.6 is 0 Å². The Labute approximate surface area is 142 Å². The molecular formula is C19H24N2O3. The zero-order chi connectivity index (χ0) is 17.7. The number of carbonyl (C=O) groups is 1. The van der Waals surface area contributed by atoms with Crippen LogP contribution in [0.2, 0.25) is 0 Å². The SMILES string of the molecule is Cc1ccn(CCC(C)C)c(=O)c1C(=O)Nc1ccccc1CO. The standard InChI is InChI=1S/C19H24N2O3/c1-13(2)8-10-21-11-9-14(3)17(19(21)24)18(23)20-16-7-5-4-6-15(16)12-22/h4-7,9,11,13,22H,8,10,12H2,1-3H3,(H,20,23). The number of aliphatic hydroxyl groups excluding tert-OH is 1. The van der Waals surface area contributed by atoms with Crippen LogP contribution in [0.3, 0.4) is 0 Å². The molecule has 5 nitrogen and oxygen atoms in total. The molecule has 0 aliphatic rings. The van der Waals surface area contributed by atoms with Gasteiger partial charge in [-0.1, -0.05) is 32.0 Å². The van der Waals surface area contributed by atoms with Crippen molar-refractivity contribution in [3.8, 4) is 0 Å². The number of aromatic nitrogens is 1. The summed E-state index contributed by atoms with van der Waals surface area (Å²) in [6, 6.07) is 8.78. The van der Waals surface area contributed by atoms with Crippen molar-refractivity contribution < 1.29 is 9.90 Å². The number of rotatable bonds is 6. The van der Waals surface area contributed by atoms with E-state index in [0.29, 0.717) is 29.3 Å². The zero-order valence-electron chi connectivity index (χ0n) is 14.4. The second kappa shape index (κ2) is 7.93. The van der Waals surface area contributed by atoms with Gasteiger partial charge in [0.25, 0.3) is 11.5 Å². The van der Waals surface area contributed by atoms with Crippen molar-refractivity contribution in [2.24, 2.45) is 5.92 Å². The Hall–Kier alpha value is -2.40. The normalized spacial score (nSPS) is 10.9. The van der Waals surface area contributed by atoms with Gasteiger partial charge < -0.3 is 15.0 Å². The number of nitrogens with one attached hydrogen (secondary N) is 1. The van der Waals surface area contributed by atoms with Crippen LogP contribution in [-0.4, -0.2) is 15.6 Å². The van der Waals surface area contributed by atoms with Crippen molar-refractivity contribution in [2.75, 3.05) is 5.32 Å². The Balaban J connectivity index is 2.32. The van der Waals surface area contributed by atoms with Gasteiger partial charge in [-0.25, -0.2) is 0 Å². The van der Waals surface area contributed by atoms with Gasteiger partial charge in [-0.05, 0) is 37.0 Å². The Bertz CT molecular complexity index is 778. The summed E-state index contributed by atoms with van der Waals surface area (Å²) in [6.45, 7) is 6.35. The third-order valence-corrected chi connectivity index (χ3v) is 3.98. The van der Waals surface area contributed by atoms with Crippen LogP contribution in [-0.2, 0) is 13.2 Å². The van der Waals surface area contributed by atoms with Crippen molar-refractivity contribution in [2.45, 2.75) is 40.3 Å². The molecule has 0 aliphatic heterocycles. The van der Waals surface area contributed by atoms with Crippen LogP contribution in [0.25, 0.3) is 0 Å². The van der Waals surface area contributed by atoms with E-state index in [1.54, 1.807) is 48.0 Å². The first-order chi connectivity index (χ1) is 11.4. The number of benzene rings is 1. The molecule has 0 saturated carbocycles. The van der Waals surface area contributed by atoms with E-state index in [2.05, 4.69) is 19.2 Å². The minimum Gasteiger partial charge on any atom is -0.392 e. The van der Waals surface area contributed by atoms with E-state index in [0.717, 1.165) is 6.42 Å². The molecule has 2 rings (SSSR count). The van der Waals surface area contributed by atoms with E-state index >= 15 is 0 Å². The van der Waals surface area contributed by atoms with Crippen LogP contribution in [0.1, 0.15) is 41.8 Å². The fourth-order valence-electron chi connectivity index (χ4n) is 2.48. The summed E-state index contributed by atoms with van der Waals surface area (Å²) in [6.07, 6.45) is 2.61. The lowest BCUT2D eigenvalue weighted by atomic mass is 10.1. The largest absolute Gasteiger partial charge is 0.392 e. The molecular weight excluding hydrogens is 304 g/mol. The lowest BCUT2D eigenvalue weighted by Gasteiger charge is -2.13. The molecule has 1 aromatic carbocycles. The van der Waals surface area contributed by atoms with Gasteiger partial charge >= 0.3 is 0 Å². The van der Waals surface area contributed by atoms with E-state index in [-0.39, 0.29) is 17.7 Å². The molecule has 2 N–H and O–H groups in total. The van der Waals surface area contributed by atoms with E-state index in [1.807, 2.05) is 0 Å². The molecule has 128 valence electrons. The molecule has 1 aromatic heterocycles. The first-order valence-electron chi connectivity index (χ1n) is 8.14. The maximum Gasteiger partial charge on any atom is 0.263 e. The molecule has 1 heterocycles. The smallest absolute Gasteiger partial charge is 0.263 e. The van der Waals surface area contributed by atoms with Crippen molar-refractivity contribution in [1.82, 2.24) is 4.57 Å². The van der Waals surface area contributed by atoms with Gasteiger partial charge in [-0.3, -0.25) is 9.59 Å². The summed E-state index contributed by atoms with van der Waals surface area (Å²) in [5, 5.41) is 12.1. The number of aryl methyl sites for hydroxylation is 2. The zero-order valence-corrected chi connectivity index (χ0v) is 14.4. The van der Waals surface area contributed by atoms with E-state index < -0.39 is 5.91 Å². The first kappa shape index (κ1) is 17.9. The highest BCUT2D eigenvalue weighted by molar-refractivity contribution is 6.05. The molecule has 0 radical (unpaired) electrons. The number of aliphatic hydroxyl groups is 1. The minimum atomic E-state index is -0.447. The lowest BCUT2D eigenvalue weighted by Crippen LogP contribution is -2.30. The molecule has 5 heteroatoms. The Morgan fingerprint density at radius 3 is 2.62 bits per heavy atom. The van der Waals surface area contributed by atoms with Crippen LogP contribution in [0, 0.1) is 12.8 Å². The highest BCUT2D eigenvalue weighted by atomic mass is 16.3. The highest BCUT2D eigenvalue weighted by Gasteiger charge is 2.17. The summed E-state index contributed by atoms with van der Waals surface area (Å²) in [7, 11) is 0. The number of hydrogen-bond acceptors (Lipinski definition) is 3. The number of anilines is 1. The quantitative estimate of drug-likeness (QED) is 0.856. The maximum absolute atomic E-state index is 12.6. The van der Waals surface area contributed by atoms with Gasteiger partial charge in [0.05, 0.1) is 6.61 Å². The summed E-state index contributed by atoms with van der Waals surface area (Å²) < 4.78 is 1.58. The monoisotopic (exact) mass is 328 g/mol. The number of nitrogens with zero attached hydrogens (tertiary/aromatic N) is 1. The highest BCUT2D eigenvalue weighted by Crippen LogP contribution is 2.16. The molecule has 0 aliphatic carbocycles. The van der Waals surface area contributed by atoms with E-state index in [1.165, 1.54) is 0 Å². The molecule has 0 unspecified atom stereocenters. The number of pyridine rings is 1. The van der Waals surface area contributed by atoms with Crippen LogP contribution in [0.5, 0.6) is 0 Å². The molecule has 0 bridgehead atoms. The average molecular weight is 328 g/mol. The first-order valence-corrected chi connectivity index (χ1v) is 8.14. The second-order valence-corrected chi connectivity index (χ2v) is 6.32. The topological polar surface area (TPSA) is 71.3 Å². The minimum absolute atomic E-state index is 0.147. The third kappa shape index (κ3) is 4.11. The molecule has 1 amide bonds. The molecule has 0 atom stereocenters. The van der Waals surface area contributed by atoms with Crippen LogP contribution in [0.4, 0.5) is 5.69 Å². The Morgan fingerprint density at radius 1 is 1.25 bits per heavy atom.